The van der Waals surface area contributed by atoms with E-state index < -0.39 is 0 Å². The summed E-state index contributed by atoms with van der Waals surface area (Å²) in [7, 11) is 1.60. The van der Waals surface area contributed by atoms with Crippen LogP contribution >= 0.6 is 0 Å². The molecule has 1 N–H and O–H groups in total. The van der Waals surface area contributed by atoms with E-state index in [1.165, 1.54) is 11.8 Å². The van der Waals surface area contributed by atoms with Gasteiger partial charge in [0.15, 0.2) is 11.6 Å². The van der Waals surface area contributed by atoms with E-state index in [-0.39, 0.29) is 23.0 Å². The number of amides is 1. The molecular weight excluding hydrogens is 364 g/mol. The predicted molar refractivity (Wildman–Crippen MR) is 113 cm³/mol. The lowest BCUT2D eigenvalue weighted by molar-refractivity contribution is -0.116. The van der Waals surface area contributed by atoms with Crippen LogP contribution in [0, 0.1) is 0 Å². The van der Waals surface area contributed by atoms with E-state index in [4.69, 9.17) is 0 Å². The zero-order chi connectivity index (χ0) is 20.5. The summed E-state index contributed by atoms with van der Waals surface area (Å²) in [5.41, 5.74) is 3.41. The fraction of sp³-hybridized carbons (Fsp3) is 0.125. The fourth-order valence-electron chi connectivity index (χ4n) is 3.60. The highest BCUT2D eigenvalue weighted by Gasteiger charge is 2.34. The van der Waals surface area contributed by atoms with Crippen LogP contribution < -0.4 is 10.2 Å². The largest absolute Gasteiger partial charge is 0.380 e. The smallest absolute Gasteiger partial charge is 0.223 e. The lowest BCUT2D eigenvalue weighted by atomic mass is 9.82. The number of hydrogen-bond donors (Lipinski definition) is 1. The summed E-state index contributed by atoms with van der Waals surface area (Å²) >= 11 is 0. The highest BCUT2D eigenvalue weighted by Crippen LogP contribution is 2.37. The second kappa shape index (κ2) is 7.36. The van der Waals surface area contributed by atoms with Crippen LogP contribution in [0.15, 0.2) is 66.7 Å². The van der Waals surface area contributed by atoms with E-state index >= 15 is 0 Å². The molecule has 1 aliphatic carbocycles. The Morgan fingerprint density at radius 2 is 1.41 bits per heavy atom. The second-order valence-electron chi connectivity index (χ2n) is 7.00. The topological polar surface area (TPSA) is 66.5 Å². The standard InChI is InChI=1S/C24H20N2O3/c1-15(27)26(2)20-13-12-19(25-14-16-8-4-3-5-9-16)21-22(20)24(29)18-11-7-6-10-17(18)23(21)28/h3-13,25H,14H2,1-2H3. The molecule has 0 heterocycles. The van der Waals surface area contributed by atoms with Crippen molar-refractivity contribution >= 4 is 28.8 Å². The molecule has 1 aliphatic rings. The van der Waals surface area contributed by atoms with Crippen molar-refractivity contribution in [3.8, 4) is 0 Å². The van der Waals surface area contributed by atoms with Crippen molar-refractivity contribution in [3.63, 3.8) is 0 Å². The lowest BCUT2D eigenvalue weighted by Crippen LogP contribution is -2.29. The molecule has 0 saturated carbocycles. The first kappa shape index (κ1) is 18.6. The monoisotopic (exact) mass is 384 g/mol. The number of carbonyl (C=O) groups is 3. The Morgan fingerprint density at radius 3 is 2.03 bits per heavy atom. The van der Waals surface area contributed by atoms with Gasteiger partial charge in [-0.3, -0.25) is 14.4 Å². The number of anilines is 2. The molecule has 5 nitrogen and oxygen atoms in total. The Bertz CT molecular complexity index is 1140. The van der Waals surface area contributed by atoms with Crippen LogP contribution in [0.25, 0.3) is 0 Å². The maximum absolute atomic E-state index is 13.3. The molecule has 1 amide bonds. The molecule has 0 saturated heterocycles. The molecular formula is C24H20N2O3. The van der Waals surface area contributed by atoms with Crippen LogP contribution in [0.3, 0.4) is 0 Å². The first-order chi connectivity index (χ1) is 14.0. The van der Waals surface area contributed by atoms with E-state index in [1.54, 1.807) is 43.4 Å². The Hall–Kier alpha value is -3.73. The molecule has 0 atom stereocenters. The number of ketones is 2. The summed E-state index contributed by atoms with van der Waals surface area (Å²) < 4.78 is 0. The van der Waals surface area contributed by atoms with Crippen molar-refractivity contribution in [2.75, 3.05) is 17.3 Å². The summed E-state index contributed by atoms with van der Waals surface area (Å²) in [4.78, 5) is 40.0. The van der Waals surface area contributed by atoms with Gasteiger partial charge in [-0.15, -0.1) is 0 Å². The molecule has 5 heteroatoms. The molecule has 0 bridgehead atoms. The second-order valence-corrected chi connectivity index (χ2v) is 7.00. The van der Waals surface area contributed by atoms with Gasteiger partial charge in [-0.05, 0) is 17.7 Å². The van der Waals surface area contributed by atoms with Gasteiger partial charge in [-0.2, -0.15) is 0 Å². The third-order valence-corrected chi connectivity index (χ3v) is 5.21. The SMILES string of the molecule is CC(=O)N(C)c1ccc(NCc2ccccc2)c2c1C(=O)c1ccccc1C2=O. The number of nitrogens with one attached hydrogen (secondary N) is 1. The van der Waals surface area contributed by atoms with Gasteiger partial charge in [0.2, 0.25) is 5.91 Å². The van der Waals surface area contributed by atoms with Crippen LogP contribution in [-0.2, 0) is 11.3 Å². The average molecular weight is 384 g/mol. The maximum Gasteiger partial charge on any atom is 0.223 e. The van der Waals surface area contributed by atoms with Crippen molar-refractivity contribution in [1.29, 1.82) is 0 Å². The quantitative estimate of drug-likeness (QED) is 0.576. The van der Waals surface area contributed by atoms with Crippen LogP contribution in [0.1, 0.15) is 44.3 Å². The Kier molecular flexibility index (Phi) is 4.72. The van der Waals surface area contributed by atoms with E-state index in [1.807, 2.05) is 30.3 Å². The molecule has 3 aromatic carbocycles. The summed E-state index contributed by atoms with van der Waals surface area (Å²) in [6.45, 7) is 1.94. The third-order valence-electron chi connectivity index (χ3n) is 5.21. The maximum atomic E-state index is 13.3. The van der Waals surface area contributed by atoms with Gasteiger partial charge in [0, 0.05) is 37.3 Å². The molecule has 0 radical (unpaired) electrons. The minimum Gasteiger partial charge on any atom is -0.380 e. The number of carbonyl (C=O) groups excluding carboxylic acids is 3. The van der Waals surface area contributed by atoms with Crippen LogP contribution in [0.4, 0.5) is 11.4 Å². The molecule has 0 unspecified atom stereocenters. The van der Waals surface area contributed by atoms with Crippen molar-refractivity contribution < 1.29 is 14.4 Å². The van der Waals surface area contributed by atoms with E-state index in [0.29, 0.717) is 34.6 Å². The molecule has 4 rings (SSSR count). The summed E-state index contributed by atoms with van der Waals surface area (Å²) in [6, 6.07) is 20.1. The van der Waals surface area contributed by atoms with E-state index in [9.17, 15) is 14.4 Å². The number of nitrogens with zero attached hydrogens (tertiary/aromatic N) is 1. The fourth-order valence-corrected chi connectivity index (χ4v) is 3.60. The summed E-state index contributed by atoms with van der Waals surface area (Å²) in [5, 5.41) is 3.29. The molecule has 0 aliphatic heterocycles. The van der Waals surface area contributed by atoms with Gasteiger partial charge in [0.25, 0.3) is 0 Å². The molecule has 0 spiro atoms. The molecule has 29 heavy (non-hydrogen) atoms. The molecule has 144 valence electrons. The minimum absolute atomic E-state index is 0.212. The summed E-state index contributed by atoms with van der Waals surface area (Å²) in [5.74, 6) is -0.678. The third kappa shape index (κ3) is 3.21. The zero-order valence-electron chi connectivity index (χ0n) is 16.2. The number of hydrogen-bond acceptors (Lipinski definition) is 4. The zero-order valence-corrected chi connectivity index (χ0v) is 16.2. The Balaban J connectivity index is 1.86. The Labute approximate surface area is 169 Å². The molecule has 3 aromatic rings. The first-order valence-corrected chi connectivity index (χ1v) is 9.36. The Morgan fingerprint density at radius 1 is 0.828 bits per heavy atom. The minimum atomic E-state index is -0.248. The van der Waals surface area contributed by atoms with Gasteiger partial charge in [0.1, 0.15) is 0 Å². The van der Waals surface area contributed by atoms with Crippen molar-refractivity contribution in [3.05, 3.63) is 94.5 Å². The van der Waals surface area contributed by atoms with Gasteiger partial charge < -0.3 is 10.2 Å². The van der Waals surface area contributed by atoms with E-state index in [2.05, 4.69) is 5.32 Å². The van der Waals surface area contributed by atoms with Crippen LogP contribution in [0.2, 0.25) is 0 Å². The predicted octanol–water partition coefficient (Wildman–Crippen LogP) is 4.06. The van der Waals surface area contributed by atoms with E-state index in [0.717, 1.165) is 5.56 Å². The number of benzene rings is 3. The van der Waals surface area contributed by atoms with Crippen LogP contribution in [0.5, 0.6) is 0 Å². The molecule has 0 fully saturated rings. The van der Waals surface area contributed by atoms with Gasteiger partial charge in [0.05, 0.1) is 16.8 Å². The first-order valence-electron chi connectivity index (χ1n) is 9.36. The molecule has 0 aromatic heterocycles. The van der Waals surface area contributed by atoms with Crippen molar-refractivity contribution in [2.45, 2.75) is 13.5 Å². The lowest BCUT2D eigenvalue weighted by Gasteiger charge is -2.26. The number of fused-ring (bicyclic) bond motifs is 2. The average Bonchev–Trinajstić information content (AvgIpc) is 2.75. The van der Waals surface area contributed by atoms with Gasteiger partial charge in [-0.25, -0.2) is 0 Å². The number of rotatable bonds is 4. The van der Waals surface area contributed by atoms with Crippen molar-refractivity contribution in [2.24, 2.45) is 0 Å². The highest BCUT2D eigenvalue weighted by atomic mass is 16.2. The highest BCUT2D eigenvalue weighted by molar-refractivity contribution is 6.32. The van der Waals surface area contributed by atoms with Crippen molar-refractivity contribution in [1.82, 2.24) is 0 Å². The summed E-state index contributed by atoms with van der Waals surface area (Å²) in [6.07, 6.45) is 0. The van der Waals surface area contributed by atoms with Gasteiger partial charge in [-0.1, -0.05) is 54.6 Å². The van der Waals surface area contributed by atoms with Gasteiger partial charge >= 0.3 is 0 Å². The van der Waals surface area contributed by atoms with Crippen LogP contribution in [-0.4, -0.2) is 24.5 Å². The normalized spacial score (nSPS) is 12.2.